The Labute approximate surface area is 121 Å². The number of hydrogen-bond donors (Lipinski definition) is 1. The van der Waals surface area contributed by atoms with Crippen LogP contribution in [-0.4, -0.2) is 18.3 Å². The van der Waals surface area contributed by atoms with Crippen molar-refractivity contribution in [2.75, 3.05) is 13.2 Å². The number of rotatable bonds is 6. The van der Waals surface area contributed by atoms with Crippen LogP contribution in [0.4, 0.5) is 8.78 Å². The van der Waals surface area contributed by atoms with E-state index < -0.39 is 17.7 Å². The fourth-order valence-electron chi connectivity index (χ4n) is 1.84. The molecule has 0 aromatic heterocycles. The molecule has 0 aliphatic rings. The number of aliphatic hydroxyl groups excluding tert-OH is 1. The largest absolute Gasteiger partial charge is 0.494 e. The predicted octanol–water partition coefficient (Wildman–Crippen LogP) is 3.48. The van der Waals surface area contributed by atoms with E-state index in [4.69, 9.17) is 9.47 Å². The molecule has 0 amide bonds. The third-order valence-corrected chi connectivity index (χ3v) is 2.82. The number of ether oxygens (including phenoxy) is 2. The quantitative estimate of drug-likeness (QED) is 0.886. The minimum Gasteiger partial charge on any atom is -0.494 e. The molecule has 0 spiro atoms. The Kier molecular flexibility index (Phi) is 5.11. The van der Waals surface area contributed by atoms with Crippen molar-refractivity contribution >= 4 is 0 Å². The predicted molar refractivity (Wildman–Crippen MR) is 74.4 cm³/mol. The van der Waals surface area contributed by atoms with Crippen molar-refractivity contribution in [3.05, 3.63) is 59.7 Å². The topological polar surface area (TPSA) is 38.7 Å². The lowest BCUT2D eigenvalue weighted by atomic mass is 10.1. The molecule has 0 saturated carbocycles. The summed E-state index contributed by atoms with van der Waals surface area (Å²) in [4.78, 5) is 0. The molecule has 0 radical (unpaired) electrons. The molecule has 3 nitrogen and oxygen atoms in total. The zero-order valence-electron chi connectivity index (χ0n) is 11.6. The molecule has 112 valence electrons. The van der Waals surface area contributed by atoms with E-state index >= 15 is 0 Å². The van der Waals surface area contributed by atoms with Crippen LogP contribution in [0.5, 0.6) is 11.5 Å². The zero-order valence-corrected chi connectivity index (χ0v) is 11.6. The minimum atomic E-state index is -0.896. The van der Waals surface area contributed by atoms with Gasteiger partial charge in [-0.05, 0) is 24.6 Å². The van der Waals surface area contributed by atoms with Crippen LogP contribution in [0.3, 0.4) is 0 Å². The first-order valence-corrected chi connectivity index (χ1v) is 6.58. The normalized spacial score (nSPS) is 12.0. The summed E-state index contributed by atoms with van der Waals surface area (Å²) in [5.41, 5.74) is 0.635. The van der Waals surface area contributed by atoms with E-state index in [1.165, 1.54) is 0 Å². The van der Waals surface area contributed by atoms with E-state index in [2.05, 4.69) is 0 Å². The summed E-state index contributed by atoms with van der Waals surface area (Å²) < 4.78 is 36.5. The van der Waals surface area contributed by atoms with E-state index in [-0.39, 0.29) is 12.4 Å². The molecule has 1 unspecified atom stereocenters. The lowest BCUT2D eigenvalue weighted by molar-refractivity contribution is 0.107. The van der Waals surface area contributed by atoms with Crippen molar-refractivity contribution in [3.8, 4) is 11.5 Å². The van der Waals surface area contributed by atoms with Gasteiger partial charge in [-0.25, -0.2) is 8.78 Å². The van der Waals surface area contributed by atoms with E-state index in [1.807, 2.05) is 6.92 Å². The first kappa shape index (κ1) is 15.3. The van der Waals surface area contributed by atoms with Gasteiger partial charge in [-0.15, -0.1) is 0 Å². The molecule has 1 atom stereocenters. The molecular formula is C16H16F2O3. The molecule has 0 aliphatic carbocycles. The van der Waals surface area contributed by atoms with Crippen molar-refractivity contribution in [1.82, 2.24) is 0 Å². The summed E-state index contributed by atoms with van der Waals surface area (Å²) in [6.07, 6.45) is -0.896. The maximum atomic E-state index is 13.0. The Hall–Kier alpha value is -2.14. The van der Waals surface area contributed by atoms with Gasteiger partial charge in [0.05, 0.1) is 6.61 Å². The molecule has 0 bridgehead atoms. The maximum Gasteiger partial charge on any atom is 0.129 e. The van der Waals surface area contributed by atoms with E-state index in [0.29, 0.717) is 17.9 Å². The molecule has 1 N–H and O–H groups in total. The molecule has 21 heavy (non-hydrogen) atoms. The maximum absolute atomic E-state index is 13.0. The van der Waals surface area contributed by atoms with Gasteiger partial charge in [0.25, 0.3) is 0 Å². The fourth-order valence-corrected chi connectivity index (χ4v) is 1.84. The standard InChI is InChI=1S/C16H16F2O3/c1-2-20-14-5-3-11(4-6-14)16(19)10-21-15-8-12(17)7-13(18)9-15/h3-9,16,19H,2,10H2,1H3. The third-order valence-electron chi connectivity index (χ3n) is 2.82. The average Bonchev–Trinajstić information content (AvgIpc) is 2.45. The van der Waals surface area contributed by atoms with Crippen molar-refractivity contribution in [2.45, 2.75) is 13.0 Å². The van der Waals surface area contributed by atoms with Crippen molar-refractivity contribution in [3.63, 3.8) is 0 Å². The first-order valence-electron chi connectivity index (χ1n) is 6.58. The van der Waals surface area contributed by atoms with E-state index in [0.717, 1.165) is 18.2 Å². The van der Waals surface area contributed by atoms with Crippen LogP contribution in [0, 0.1) is 11.6 Å². The summed E-state index contributed by atoms with van der Waals surface area (Å²) in [7, 11) is 0. The smallest absolute Gasteiger partial charge is 0.129 e. The monoisotopic (exact) mass is 294 g/mol. The van der Waals surface area contributed by atoms with Gasteiger partial charge in [-0.2, -0.15) is 0 Å². The molecule has 0 fully saturated rings. The highest BCUT2D eigenvalue weighted by molar-refractivity contribution is 5.29. The Morgan fingerprint density at radius 2 is 1.57 bits per heavy atom. The van der Waals surface area contributed by atoms with Gasteiger partial charge in [-0.3, -0.25) is 0 Å². The van der Waals surface area contributed by atoms with Crippen molar-refractivity contribution in [1.29, 1.82) is 0 Å². The zero-order chi connectivity index (χ0) is 15.2. The number of aliphatic hydroxyl groups is 1. The van der Waals surface area contributed by atoms with Crippen molar-refractivity contribution in [2.24, 2.45) is 0 Å². The van der Waals surface area contributed by atoms with Gasteiger partial charge in [0.1, 0.15) is 35.8 Å². The van der Waals surface area contributed by atoms with Crippen LogP contribution in [0.2, 0.25) is 0 Å². The second-order valence-electron chi connectivity index (χ2n) is 4.43. The highest BCUT2D eigenvalue weighted by atomic mass is 19.1. The molecule has 2 rings (SSSR count). The molecule has 0 saturated heterocycles. The van der Waals surface area contributed by atoms with Crippen LogP contribution in [0.25, 0.3) is 0 Å². The van der Waals surface area contributed by atoms with Crippen molar-refractivity contribution < 1.29 is 23.4 Å². The summed E-state index contributed by atoms with van der Waals surface area (Å²) in [6.45, 7) is 2.35. The summed E-state index contributed by atoms with van der Waals surface area (Å²) in [5, 5.41) is 9.99. The molecule has 5 heteroatoms. The Balaban J connectivity index is 1.96. The number of halogens is 2. The van der Waals surface area contributed by atoms with Gasteiger partial charge < -0.3 is 14.6 Å². The van der Waals surface area contributed by atoms with Crippen LogP contribution in [-0.2, 0) is 0 Å². The second-order valence-corrected chi connectivity index (χ2v) is 4.43. The number of hydrogen-bond acceptors (Lipinski definition) is 3. The summed E-state index contributed by atoms with van der Waals surface area (Å²) >= 11 is 0. The van der Waals surface area contributed by atoms with Crippen LogP contribution in [0.1, 0.15) is 18.6 Å². The van der Waals surface area contributed by atoms with Gasteiger partial charge >= 0.3 is 0 Å². The van der Waals surface area contributed by atoms with Gasteiger partial charge in [0.15, 0.2) is 0 Å². The highest BCUT2D eigenvalue weighted by Crippen LogP contribution is 2.20. The first-order chi connectivity index (χ1) is 10.1. The minimum absolute atomic E-state index is 0.0393. The van der Waals surface area contributed by atoms with Gasteiger partial charge in [0, 0.05) is 18.2 Å². The second kappa shape index (κ2) is 7.04. The highest BCUT2D eigenvalue weighted by Gasteiger charge is 2.10. The third kappa shape index (κ3) is 4.43. The van der Waals surface area contributed by atoms with E-state index in [1.54, 1.807) is 24.3 Å². The SMILES string of the molecule is CCOc1ccc(C(O)COc2cc(F)cc(F)c2)cc1. The Morgan fingerprint density at radius 3 is 2.14 bits per heavy atom. The van der Waals surface area contributed by atoms with E-state index in [9.17, 15) is 13.9 Å². The van der Waals surface area contributed by atoms with Gasteiger partial charge in [0.2, 0.25) is 0 Å². The molecule has 2 aromatic rings. The average molecular weight is 294 g/mol. The Bertz CT molecular complexity index is 564. The lowest BCUT2D eigenvalue weighted by Crippen LogP contribution is -2.10. The molecule has 2 aromatic carbocycles. The number of benzene rings is 2. The lowest BCUT2D eigenvalue weighted by Gasteiger charge is -2.13. The summed E-state index contributed by atoms with van der Waals surface area (Å²) in [6, 6.07) is 9.79. The van der Waals surface area contributed by atoms with Crippen LogP contribution in [0.15, 0.2) is 42.5 Å². The summed E-state index contributed by atoms with van der Waals surface area (Å²) in [5.74, 6) is -0.694. The molecular weight excluding hydrogens is 278 g/mol. The van der Waals surface area contributed by atoms with Gasteiger partial charge in [-0.1, -0.05) is 12.1 Å². The van der Waals surface area contributed by atoms with Crippen LogP contribution >= 0.6 is 0 Å². The van der Waals surface area contributed by atoms with Crippen LogP contribution < -0.4 is 9.47 Å². The Morgan fingerprint density at radius 1 is 0.952 bits per heavy atom. The fraction of sp³-hybridized carbons (Fsp3) is 0.250. The molecule has 0 heterocycles. The molecule has 0 aliphatic heterocycles.